The van der Waals surface area contributed by atoms with Crippen LogP contribution in [-0.2, 0) is 13.1 Å². The van der Waals surface area contributed by atoms with E-state index in [0.717, 1.165) is 24.6 Å². The lowest BCUT2D eigenvalue weighted by molar-refractivity contribution is 0.664. The second-order valence-electron chi connectivity index (χ2n) is 4.33. The fourth-order valence-corrected chi connectivity index (χ4v) is 2.47. The third-order valence-electron chi connectivity index (χ3n) is 2.53. The van der Waals surface area contributed by atoms with E-state index in [1.807, 2.05) is 19.4 Å². The molecule has 0 aliphatic rings. The summed E-state index contributed by atoms with van der Waals surface area (Å²) in [6.07, 6.45) is 3.84. The van der Waals surface area contributed by atoms with Gasteiger partial charge in [-0.05, 0) is 7.05 Å². The fraction of sp³-hybridized carbons (Fsp3) is 0.500. The van der Waals surface area contributed by atoms with E-state index in [0.29, 0.717) is 5.92 Å². The SMILES string of the molecule is CNCc1nccn1Cc1csc(C(C)C)n1. The molecule has 2 aromatic rings. The number of nitrogens with one attached hydrogen (secondary N) is 1. The van der Waals surface area contributed by atoms with Crippen molar-refractivity contribution in [1.29, 1.82) is 0 Å². The molecule has 0 saturated heterocycles. The van der Waals surface area contributed by atoms with E-state index in [9.17, 15) is 0 Å². The maximum absolute atomic E-state index is 4.64. The Balaban J connectivity index is 2.11. The van der Waals surface area contributed by atoms with E-state index >= 15 is 0 Å². The Morgan fingerprint density at radius 2 is 2.29 bits per heavy atom. The zero-order chi connectivity index (χ0) is 12.3. The molecular formula is C12H18N4S. The van der Waals surface area contributed by atoms with Crippen LogP contribution in [-0.4, -0.2) is 21.6 Å². The lowest BCUT2D eigenvalue weighted by Gasteiger charge is -2.05. The van der Waals surface area contributed by atoms with Crippen LogP contribution < -0.4 is 5.32 Å². The van der Waals surface area contributed by atoms with Gasteiger partial charge < -0.3 is 9.88 Å². The molecule has 0 atom stereocenters. The number of imidazole rings is 1. The van der Waals surface area contributed by atoms with Crippen LogP contribution in [0.4, 0.5) is 0 Å². The smallest absolute Gasteiger partial charge is 0.123 e. The first-order valence-electron chi connectivity index (χ1n) is 5.79. The molecule has 2 aromatic heterocycles. The van der Waals surface area contributed by atoms with Gasteiger partial charge in [0, 0.05) is 23.7 Å². The maximum Gasteiger partial charge on any atom is 0.123 e. The summed E-state index contributed by atoms with van der Waals surface area (Å²) >= 11 is 1.74. The average Bonchev–Trinajstić information content (AvgIpc) is 2.90. The van der Waals surface area contributed by atoms with Crippen LogP contribution in [0, 0.1) is 0 Å². The van der Waals surface area contributed by atoms with Crippen molar-refractivity contribution in [3.63, 3.8) is 0 Å². The summed E-state index contributed by atoms with van der Waals surface area (Å²) in [4.78, 5) is 8.96. The average molecular weight is 250 g/mol. The van der Waals surface area contributed by atoms with Crippen molar-refractivity contribution in [2.45, 2.75) is 32.9 Å². The van der Waals surface area contributed by atoms with Crippen LogP contribution in [0.3, 0.4) is 0 Å². The third kappa shape index (κ3) is 2.92. The van der Waals surface area contributed by atoms with Gasteiger partial charge >= 0.3 is 0 Å². The molecule has 0 bridgehead atoms. The molecule has 0 spiro atoms. The van der Waals surface area contributed by atoms with Crippen molar-refractivity contribution in [3.8, 4) is 0 Å². The van der Waals surface area contributed by atoms with Crippen LogP contribution in [0.25, 0.3) is 0 Å². The molecule has 0 fully saturated rings. The monoisotopic (exact) mass is 250 g/mol. The Labute approximate surface area is 106 Å². The Morgan fingerprint density at radius 3 is 2.94 bits per heavy atom. The van der Waals surface area contributed by atoms with Crippen molar-refractivity contribution in [2.75, 3.05) is 7.05 Å². The summed E-state index contributed by atoms with van der Waals surface area (Å²) in [6, 6.07) is 0. The number of aromatic nitrogens is 3. The molecule has 0 amide bonds. The number of rotatable bonds is 5. The van der Waals surface area contributed by atoms with Crippen LogP contribution in [0.2, 0.25) is 0 Å². The summed E-state index contributed by atoms with van der Waals surface area (Å²) in [5.41, 5.74) is 1.12. The first-order chi connectivity index (χ1) is 8.20. The highest BCUT2D eigenvalue weighted by Crippen LogP contribution is 2.19. The minimum Gasteiger partial charge on any atom is -0.328 e. The first-order valence-corrected chi connectivity index (χ1v) is 6.67. The quantitative estimate of drug-likeness (QED) is 0.885. The van der Waals surface area contributed by atoms with Gasteiger partial charge in [-0.3, -0.25) is 0 Å². The maximum atomic E-state index is 4.64. The van der Waals surface area contributed by atoms with Gasteiger partial charge in [0.2, 0.25) is 0 Å². The Hall–Kier alpha value is -1.20. The topological polar surface area (TPSA) is 42.7 Å². The predicted octanol–water partition coefficient (Wildman–Crippen LogP) is 2.23. The molecule has 92 valence electrons. The molecule has 0 aliphatic heterocycles. The molecule has 0 aliphatic carbocycles. The van der Waals surface area contributed by atoms with E-state index in [1.54, 1.807) is 11.3 Å². The van der Waals surface area contributed by atoms with Crippen LogP contribution >= 0.6 is 11.3 Å². The first kappa shape index (κ1) is 12.3. The van der Waals surface area contributed by atoms with Crippen LogP contribution in [0.15, 0.2) is 17.8 Å². The van der Waals surface area contributed by atoms with Gasteiger partial charge in [0.25, 0.3) is 0 Å². The molecule has 0 saturated carbocycles. The molecule has 2 rings (SSSR count). The lowest BCUT2D eigenvalue weighted by atomic mass is 10.2. The molecule has 2 heterocycles. The summed E-state index contributed by atoms with van der Waals surface area (Å²) in [5, 5.41) is 6.46. The van der Waals surface area contributed by atoms with Crippen molar-refractivity contribution < 1.29 is 0 Å². The van der Waals surface area contributed by atoms with Crippen LogP contribution in [0.5, 0.6) is 0 Å². The van der Waals surface area contributed by atoms with Gasteiger partial charge in [-0.1, -0.05) is 13.8 Å². The van der Waals surface area contributed by atoms with Gasteiger partial charge in [0.15, 0.2) is 0 Å². The number of thiazole rings is 1. The fourth-order valence-electron chi connectivity index (χ4n) is 1.64. The summed E-state index contributed by atoms with van der Waals surface area (Å²) < 4.78 is 2.13. The van der Waals surface area contributed by atoms with Gasteiger partial charge in [0.05, 0.1) is 23.8 Å². The standard InChI is InChI=1S/C12H18N4S/c1-9(2)12-15-10(8-17-12)7-16-5-4-14-11(16)6-13-3/h4-5,8-9,13H,6-7H2,1-3H3. The molecular weight excluding hydrogens is 232 g/mol. The van der Waals surface area contributed by atoms with Crippen molar-refractivity contribution >= 4 is 11.3 Å². The number of hydrogen-bond donors (Lipinski definition) is 1. The van der Waals surface area contributed by atoms with Gasteiger partial charge in [0.1, 0.15) is 5.82 Å². The van der Waals surface area contributed by atoms with Crippen molar-refractivity contribution in [1.82, 2.24) is 19.9 Å². The largest absolute Gasteiger partial charge is 0.328 e. The van der Waals surface area contributed by atoms with Crippen molar-refractivity contribution in [2.24, 2.45) is 0 Å². The third-order valence-corrected chi connectivity index (χ3v) is 3.73. The molecule has 4 nitrogen and oxygen atoms in total. The Morgan fingerprint density at radius 1 is 1.47 bits per heavy atom. The van der Waals surface area contributed by atoms with E-state index in [4.69, 9.17) is 0 Å². The van der Waals surface area contributed by atoms with Gasteiger partial charge in [-0.25, -0.2) is 9.97 Å². The molecule has 0 unspecified atom stereocenters. The zero-order valence-electron chi connectivity index (χ0n) is 10.5. The highest BCUT2D eigenvalue weighted by Gasteiger charge is 2.08. The van der Waals surface area contributed by atoms with Crippen molar-refractivity contribution in [3.05, 3.63) is 34.3 Å². The minimum atomic E-state index is 0.508. The second-order valence-corrected chi connectivity index (χ2v) is 5.22. The van der Waals surface area contributed by atoms with Gasteiger partial charge in [-0.2, -0.15) is 0 Å². The normalized spacial score (nSPS) is 11.3. The van der Waals surface area contributed by atoms with E-state index < -0.39 is 0 Å². The highest BCUT2D eigenvalue weighted by molar-refractivity contribution is 7.09. The summed E-state index contributed by atoms with van der Waals surface area (Å²) in [7, 11) is 1.93. The van der Waals surface area contributed by atoms with E-state index in [1.165, 1.54) is 5.01 Å². The van der Waals surface area contributed by atoms with E-state index in [2.05, 4.69) is 39.1 Å². The molecule has 0 aromatic carbocycles. The Kier molecular flexibility index (Phi) is 3.91. The predicted molar refractivity (Wildman–Crippen MR) is 70.3 cm³/mol. The minimum absolute atomic E-state index is 0.508. The Bertz CT molecular complexity index is 472. The lowest BCUT2D eigenvalue weighted by Crippen LogP contribution is -2.12. The summed E-state index contributed by atoms with van der Waals surface area (Å²) in [5.74, 6) is 1.56. The van der Waals surface area contributed by atoms with E-state index in [-0.39, 0.29) is 0 Å². The molecule has 17 heavy (non-hydrogen) atoms. The van der Waals surface area contributed by atoms with Crippen LogP contribution in [0.1, 0.15) is 36.3 Å². The van der Waals surface area contributed by atoms with Gasteiger partial charge in [-0.15, -0.1) is 11.3 Å². The highest BCUT2D eigenvalue weighted by atomic mass is 32.1. The second kappa shape index (κ2) is 5.42. The number of nitrogens with zero attached hydrogens (tertiary/aromatic N) is 3. The summed E-state index contributed by atoms with van der Waals surface area (Å²) in [6.45, 7) is 5.94. The molecule has 0 radical (unpaired) electrons. The zero-order valence-corrected chi connectivity index (χ0v) is 11.3. The molecule has 1 N–H and O–H groups in total. The number of hydrogen-bond acceptors (Lipinski definition) is 4. The molecule has 5 heteroatoms.